The van der Waals surface area contributed by atoms with Crippen LogP contribution in [0.3, 0.4) is 0 Å². The van der Waals surface area contributed by atoms with E-state index < -0.39 is 7.12 Å². The van der Waals surface area contributed by atoms with Crippen LogP contribution in [0.5, 0.6) is 0 Å². The lowest BCUT2D eigenvalue weighted by atomic mass is 9.81. The first-order chi connectivity index (χ1) is 14.0. The lowest BCUT2D eigenvalue weighted by Crippen LogP contribution is -2.30. The third-order valence-electron chi connectivity index (χ3n) is 4.06. The fourth-order valence-electron chi connectivity index (χ4n) is 2.78. The summed E-state index contributed by atoms with van der Waals surface area (Å²) in [5.41, 5.74) is 5.65. The molecule has 148 valence electrons. The van der Waals surface area contributed by atoms with E-state index in [2.05, 4.69) is 42.1 Å². The number of nitrogens with zero attached hydrogens (tertiary/aromatic N) is 5. The molecule has 0 bridgehead atoms. The average Bonchev–Trinajstić information content (AvgIpc) is 3.19. The molecule has 1 atom stereocenters. The van der Waals surface area contributed by atoms with E-state index in [1.54, 1.807) is 6.07 Å². The highest BCUT2D eigenvalue weighted by Crippen LogP contribution is 2.34. The van der Waals surface area contributed by atoms with Crippen molar-refractivity contribution in [3.05, 3.63) is 54.5 Å². The zero-order valence-corrected chi connectivity index (χ0v) is 19.4. The van der Waals surface area contributed by atoms with Gasteiger partial charge in [-0.05, 0) is 59.3 Å². The molecule has 0 aliphatic heterocycles. The van der Waals surface area contributed by atoms with Crippen molar-refractivity contribution in [3.8, 4) is 22.6 Å². The molecule has 7 nitrogen and oxygen atoms in total. The molecule has 2 N–H and O–H groups in total. The molecule has 4 heterocycles. The maximum absolute atomic E-state index is 9.39. The first-order valence-electron chi connectivity index (χ1n) is 9.09. The van der Waals surface area contributed by atoms with Crippen molar-refractivity contribution in [2.24, 2.45) is 0 Å². The summed E-state index contributed by atoms with van der Waals surface area (Å²) < 4.78 is 1.87. The molecule has 0 aliphatic rings. The van der Waals surface area contributed by atoms with Crippen LogP contribution >= 0.6 is 28.4 Å². The predicted octanol–water partition coefficient (Wildman–Crippen LogP) is 3.36. The van der Waals surface area contributed by atoms with Crippen molar-refractivity contribution >= 4 is 52.0 Å². The Morgan fingerprint density at radius 2 is 1.83 bits per heavy atom. The van der Waals surface area contributed by atoms with Gasteiger partial charge in [-0.2, -0.15) is 5.10 Å². The molecule has 4 aromatic rings. The lowest BCUT2D eigenvalue weighted by Gasteiger charge is -2.05. The Labute approximate surface area is 184 Å². The molecule has 29 heavy (non-hydrogen) atoms. The van der Waals surface area contributed by atoms with Crippen molar-refractivity contribution < 1.29 is 10.0 Å². The van der Waals surface area contributed by atoms with Gasteiger partial charge in [0.25, 0.3) is 0 Å². The summed E-state index contributed by atoms with van der Waals surface area (Å²) in [6, 6.07) is 11.2. The van der Waals surface area contributed by atoms with Crippen molar-refractivity contribution in [1.29, 1.82) is 0 Å². The first kappa shape index (κ1) is 21.8. The second kappa shape index (κ2) is 9.71. The van der Waals surface area contributed by atoms with E-state index >= 15 is 0 Å². The van der Waals surface area contributed by atoms with E-state index in [9.17, 15) is 10.0 Å². The zero-order valence-electron chi connectivity index (χ0n) is 16.2. The molecule has 0 aromatic carbocycles. The molecule has 0 saturated heterocycles. The van der Waals surface area contributed by atoms with Gasteiger partial charge in [0, 0.05) is 29.1 Å². The predicted molar refractivity (Wildman–Crippen MR) is 128 cm³/mol. The topological polar surface area (TPSA) is 97.0 Å². The molecule has 0 spiro atoms. The van der Waals surface area contributed by atoms with E-state index in [1.807, 2.05) is 61.8 Å². The Morgan fingerprint density at radius 3 is 2.52 bits per heavy atom. The minimum Gasteiger partial charge on any atom is -0.423 e. The monoisotopic (exact) mass is 519 g/mol. The smallest absolute Gasteiger partial charge is 0.423 e. The molecular formula is C19H20BIN5O2P. The number of rotatable bonds is 4. The third-order valence-corrected chi connectivity index (χ3v) is 5.95. The molecule has 10 heteroatoms. The van der Waals surface area contributed by atoms with Gasteiger partial charge in [-0.25, -0.2) is 9.44 Å². The molecular weight excluding hydrogens is 499 g/mol. The quantitative estimate of drug-likeness (QED) is 0.244. The van der Waals surface area contributed by atoms with Crippen LogP contribution in [0.1, 0.15) is 19.5 Å². The summed E-state index contributed by atoms with van der Waals surface area (Å²) in [7, 11) is -1.58. The van der Waals surface area contributed by atoms with Crippen LogP contribution in [0.15, 0.2) is 48.8 Å². The number of hydrogen-bond donors (Lipinski definition) is 2. The second-order valence-corrected chi connectivity index (χ2v) is 8.04. The van der Waals surface area contributed by atoms with Gasteiger partial charge in [-0.15, -0.1) is 0 Å². The summed E-state index contributed by atoms with van der Waals surface area (Å²) in [4.78, 5) is 13.5. The number of hydrogen-bond acceptors (Lipinski definition) is 6. The lowest BCUT2D eigenvalue weighted by molar-refractivity contribution is 0.425. The van der Waals surface area contributed by atoms with Crippen molar-refractivity contribution in [3.63, 3.8) is 0 Å². The summed E-state index contributed by atoms with van der Waals surface area (Å²) >= 11 is 2.28. The van der Waals surface area contributed by atoms with Crippen LogP contribution in [0.4, 0.5) is 0 Å². The summed E-state index contributed by atoms with van der Waals surface area (Å²) in [6.45, 7) is 5.95. The molecule has 0 saturated carbocycles. The van der Waals surface area contributed by atoms with Crippen LogP contribution < -0.4 is 5.46 Å². The number of aromatic nitrogens is 5. The van der Waals surface area contributed by atoms with E-state index in [-0.39, 0.29) is 0 Å². The molecule has 0 aliphatic carbocycles. The highest BCUT2D eigenvalue weighted by molar-refractivity contribution is 14.2. The number of halogens is 1. The molecule has 1 unspecified atom stereocenters. The van der Waals surface area contributed by atoms with Gasteiger partial charge in [0.2, 0.25) is 0 Å². The standard InChI is InChI=1S/C17H14BIN5O2P.C2H6/c1-10-3-2-4-15(21-10)17-12(9-24(23-17)27-19)13-5-6-14-16(22-13)7-11(8-20-14)18(25)26;1-2/h2-9,25-27H,1H3;1-2H3. The Bertz CT molecular complexity index is 1140. The molecule has 4 aromatic heterocycles. The van der Waals surface area contributed by atoms with E-state index in [0.717, 1.165) is 28.3 Å². The van der Waals surface area contributed by atoms with Gasteiger partial charge in [-0.1, -0.05) is 19.9 Å². The molecule has 0 fully saturated rings. The van der Waals surface area contributed by atoms with Crippen LogP contribution in [0, 0.1) is 6.92 Å². The van der Waals surface area contributed by atoms with Crippen LogP contribution in [-0.2, 0) is 0 Å². The van der Waals surface area contributed by atoms with Gasteiger partial charge in [0.05, 0.1) is 28.8 Å². The van der Waals surface area contributed by atoms with Gasteiger partial charge < -0.3 is 10.0 Å². The van der Waals surface area contributed by atoms with Gasteiger partial charge in [0.1, 0.15) is 5.69 Å². The van der Waals surface area contributed by atoms with Crippen LogP contribution in [-0.4, -0.2) is 41.7 Å². The van der Waals surface area contributed by atoms with Crippen LogP contribution in [0.2, 0.25) is 0 Å². The maximum Gasteiger partial charge on any atom is 0.490 e. The normalized spacial score (nSPS) is 11.0. The Kier molecular flexibility index (Phi) is 7.29. The Balaban J connectivity index is 0.00000117. The summed E-state index contributed by atoms with van der Waals surface area (Å²) in [6.07, 6.45) is 3.84. The molecule has 0 amide bonds. The molecule has 0 radical (unpaired) electrons. The van der Waals surface area contributed by atoms with E-state index in [4.69, 9.17) is 0 Å². The average molecular weight is 519 g/mol. The number of fused-ring (bicyclic) bond motifs is 1. The molecule has 4 rings (SSSR count). The van der Waals surface area contributed by atoms with Gasteiger partial charge >= 0.3 is 7.12 Å². The fourth-order valence-corrected chi connectivity index (χ4v) is 3.84. The minimum absolute atomic E-state index is 0.303. The SMILES string of the molecule is CC.Cc1cccc(-c2nn(PI)cc2-c2ccc3ncc(B(O)O)cc3n2)n1. The highest BCUT2D eigenvalue weighted by atomic mass is 127. The van der Waals surface area contributed by atoms with Crippen molar-refractivity contribution in [1.82, 2.24) is 24.5 Å². The summed E-state index contributed by atoms with van der Waals surface area (Å²) in [5, 5.41) is 23.4. The fraction of sp³-hybridized carbons (Fsp3) is 0.158. The zero-order chi connectivity index (χ0) is 21.0. The van der Waals surface area contributed by atoms with Crippen molar-refractivity contribution in [2.45, 2.75) is 20.8 Å². The van der Waals surface area contributed by atoms with Crippen molar-refractivity contribution in [2.75, 3.05) is 0 Å². The number of pyridine rings is 3. The minimum atomic E-state index is -1.58. The van der Waals surface area contributed by atoms with Crippen LogP contribution in [0.25, 0.3) is 33.7 Å². The summed E-state index contributed by atoms with van der Waals surface area (Å²) in [5.74, 6) is 0. The van der Waals surface area contributed by atoms with E-state index in [1.165, 1.54) is 6.20 Å². The Hall–Kier alpha value is -1.94. The third kappa shape index (κ3) is 4.80. The van der Waals surface area contributed by atoms with Gasteiger partial charge in [0.15, 0.2) is 0 Å². The maximum atomic E-state index is 9.39. The largest absolute Gasteiger partial charge is 0.490 e. The van der Waals surface area contributed by atoms with Gasteiger partial charge in [-0.3, -0.25) is 9.97 Å². The van der Waals surface area contributed by atoms with E-state index in [0.29, 0.717) is 22.9 Å². The number of aryl methyl sites for hydroxylation is 1. The Morgan fingerprint density at radius 1 is 1.03 bits per heavy atom. The first-order valence-corrected chi connectivity index (χ1v) is 13.1. The second-order valence-electron chi connectivity index (χ2n) is 5.96. The highest BCUT2D eigenvalue weighted by Gasteiger charge is 2.17.